The topological polar surface area (TPSA) is 41.1 Å². The highest BCUT2D eigenvalue weighted by Crippen LogP contribution is 2.31. The molecule has 0 saturated carbocycles. The van der Waals surface area contributed by atoms with E-state index in [4.69, 9.17) is 0 Å². The van der Waals surface area contributed by atoms with E-state index in [9.17, 15) is 4.79 Å². The Hall–Kier alpha value is -1.35. The van der Waals surface area contributed by atoms with Crippen LogP contribution in [0.1, 0.15) is 37.8 Å². The van der Waals surface area contributed by atoms with Crippen molar-refractivity contribution in [3.05, 3.63) is 29.3 Å². The van der Waals surface area contributed by atoms with Crippen molar-refractivity contribution >= 4 is 11.6 Å². The Kier molecular flexibility index (Phi) is 3.95. The van der Waals surface area contributed by atoms with Gasteiger partial charge in [-0.15, -0.1) is 0 Å². The molecule has 1 unspecified atom stereocenters. The van der Waals surface area contributed by atoms with Gasteiger partial charge in [0.15, 0.2) is 0 Å². The lowest BCUT2D eigenvalue weighted by molar-refractivity contribution is -0.121. The van der Waals surface area contributed by atoms with Crippen LogP contribution in [-0.2, 0) is 4.79 Å². The van der Waals surface area contributed by atoms with E-state index in [1.54, 1.807) is 0 Å². The molecule has 3 nitrogen and oxygen atoms in total. The average molecular weight is 260 g/mol. The molecule has 0 radical (unpaired) electrons. The minimum Gasteiger partial charge on any atom is -0.324 e. The molecule has 1 aromatic carbocycles. The highest BCUT2D eigenvalue weighted by molar-refractivity contribution is 5.96. The summed E-state index contributed by atoms with van der Waals surface area (Å²) in [6.07, 6.45) is 2.23. The number of anilines is 1. The molecule has 1 saturated heterocycles. The normalized spacial score (nSPS) is 22.0. The molecule has 1 aliphatic rings. The summed E-state index contributed by atoms with van der Waals surface area (Å²) >= 11 is 0. The molecular formula is C16H24N2O. The van der Waals surface area contributed by atoms with Gasteiger partial charge in [0.2, 0.25) is 5.91 Å². The van der Waals surface area contributed by atoms with Crippen molar-refractivity contribution in [3.63, 3.8) is 0 Å². The minimum atomic E-state index is -0.110. The summed E-state index contributed by atoms with van der Waals surface area (Å²) in [7, 11) is 0. The van der Waals surface area contributed by atoms with E-state index in [2.05, 4.69) is 30.5 Å². The van der Waals surface area contributed by atoms with E-state index in [1.807, 2.05) is 26.0 Å². The van der Waals surface area contributed by atoms with Crippen LogP contribution < -0.4 is 10.6 Å². The van der Waals surface area contributed by atoms with Gasteiger partial charge in [-0.25, -0.2) is 0 Å². The summed E-state index contributed by atoms with van der Waals surface area (Å²) in [5.41, 5.74) is 3.21. The zero-order valence-electron chi connectivity index (χ0n) is 12.3. The predicted molar refractivity (Wildman–Crippen MR) is 79.4 cm³/mol. The third-order valence-electron chi connectivity index (χ3n) is 4.04. The Morgan fingerprint density at radius 1 is 1.37 bits per heavy atom. The van der Waals surface area contributed by atoms with Gasteiger partial charge in [0, 0.05) is 5.69 Å². The number of carbonyl (C=O) groups is 1. The monoisotopic (exact) mass is 260 g/mol. The van der Waals surface area contributed by atoms with E-state index >= 15 is 0 Å². The molecule has 1 atom stereocenters. The highest BCUT2D eigenvalue weighted by Gasteiger charge is 2.37. The van der Waals surface area contributed by atoms with Crippen LogP contribution in [0.5, 0.6) is 0 Å². The standard InChI is InChI=1S/C16H24N2O/c1-11-6-7-12(2)13(10-11)18-15(19)14-16(3,4)8-5-9-17-14/h6-7,10,14,17H,5,8-9H2,1-4H3,(H,18,19). The highest BCUT2D eigenvalue weighted by atomic mass is 16.2. The summed E-state index contributed by atoms with van der Waals surface area (Å²) in [5, 5.41) is 6.43. The number of carbonyl (C=O) groups excluding carboxylic acids is 1. The fourth-order valence-electron chi connectivity index (χ4n) is 2.73. The summed E-state index contributed by atoms with van der Waals surface area (Å²) < 4.78 is 0. The van der Waals surface area contributed by atoms with Crippen molar-refractivity contribution in [1.82, 2.24) is 5.32 Å². The van der Waals surface area contributed by atoms with Crippen LogP contribution >= 0.6 is 0 Å². The molecule has 3 heteroatoms. The second-order valence-electron chi connectivity index (χ2n) is 6.29. The number of nitrogens with one attached hydrogen (secondary N) is 2. The van der Waals surface area contributed by atoms with Gasteiger partial charge in [-0.2, -0.15) is 0 Å². The van der Waals surface area contributed by atoms with Gasteiger partial charge >= 0.3 is 0 Å². The molecule has 0 bridgehead atoms. The second kappa shape index (κ2) is 5.33. The molecule has 0 aromatic heterocycles. The van der Waals surface area contributed by atoms with Gasteiger partial charge in [0.1, 0.15) is 0 Å². The lowest BCUT2D eigenvalue weighted by Gasteiger charge is -2.38. The van der Waals surface area contributed by atoms with Crippen molar-refractivity contribution in [2.24, 2.45) is 5.41 Å². The molecule has 1 amide bonds. The molecule has 0 aliphatic carbocycles. The van der Waals surface area contributed by atoms with Crippen LogP contribution in [0.15, 0.2) is 18.2 Å². The van der Waals surface area contributed by atoms with Gasteiger partial charge in [-0.1, -0.05) is 26.0 Å². The maximum atomic E-state index is 12.5. The van der Waals surface area contributed by atoms with Gasteiger partial charge < -0.3 is 10.6 Å². The Balaban J connectivity index is 2.14. The Morgan fingerprint density at radius 2 is 2.11 bits per heavy atom. The number of amides is 1. The molecule has 104 valence electrons. The Bertz CT molecular complexity index is 480. The molecule has 0 spiro atoms. The van der Waals surface area contributed by atoms with Gasteiger partial charge in [0.05, 0.1) is 6.04 Å². The van der Waals surface area contributed by atoms with E-state index in [0.29, 0.717) is 0 Å². The molecule has 1 fully saturated rings. The third-order valence-corrected chi connectivity index (χ3v) is 4.04. The smallest absolute Gasteiger partial charge is 0.242 e. The lowest BCUT2D eigenvalue weighted by Crippen LogP contribution is -2.53. The number of hydrogen-bond donors (Lipinski definition) is 2. The van der Waals surface area contributed by atoms with Crippen molar-refractivity contribution in [3.8, 4) is 0 Å². The summed E-state index contributed by atoms with van der Waals surface area (Å²) in [6.45, 7) is 9.31. The van der Waals surface area contributed by atoms with Crippen LogP contribution in [0.3, 0.4) is 0 Å². The quantitative estimate of drug-likeness (QED) is 0.858. The first-order valence-electron chi connectivity index (χ1n) is 7.02. The maximum Gasteiger partial charge on any atom is 0.242 e. The summed E-state index contributed by atoms with van der Waals surface area (Å²) in [4.78, 5) is 12.5. The molecule has 1 aromatic rings. The number of hydrogen-bond acceptors (Lipinski definition) is 2. The maximum absolute atomic E-state index is 12.5. The molecule has 2 rings (SSSR count). The zero-order valence-corrected chi connectivity index (χ0v) is 12.3. The third kappa shape index (κ3) is 3.16. The first-order valence-corrected chi connectivity index (χ1v) is 7.02. The van der Waals surface area contributed by atoms with E-state index in [-0.39, 0.29) is 17.4 Å². The SMILES string of the molecule is Cc1ccc(C)c(NC(=O)C2NCCCC2(C)C)c1. The largest absolute Gasteiger partial charge is 0.324 e. The number of benzene rings is 1. The predicted octanol–water partition coefficient (Wildman–Crippen LogP) is 3.02. The van der Waals surface area contributed by atoms with E-state index in [0.717, 1.165) is 36.2 Å². The second-order valence-corrected chi connectivity index (χ2v) is 6.29. The molecule has 1 aliphatic heterocycles. The van der Waals surface area contributed by atoms with Crippen LogP contribution in [0.2, 0.25) is 0 Å². The molecule has 2 N–H and O–H groups in total. The van der Waals surface area contributed by atoms with Crippen LogP contribution in [-0.4, -0.2) is 18.5 Å². The summed E-state index contributed by atoms with van der Waals surface area (Å²) in [6, 6.07) is 6.03. The van der Waals surface area contributed by atoms with Gasteiger partial charge in [-0.05, 0) is 55.8 Å². The number of piperidine rings is 1. The van der Waals surface area contributed by atoms with Crippen molar-refractivity contribution < 1.29 is 4.79 Å². The first kappa shape index (κ1) is 14.1. The first-order chi connectivity index (χ1) is 8.90. The molecule has 1 heterocycles. The summed E-state index contributed by atoms with van der Waals surface area (Å²) in [5.74, 6) is 0.0819. The zero-order chi connectivity index (χ0) is 14.0. The fraction of sp³-hybridized carbons (Fsp3) is 0.562. The van der Waals surface area contributed by atoms with Crippen molar-refractivity contribution in [2.45, 2.75) is 46.6 Å². The fourth-order valence-corrected chi connectivity index (χ4v) is 2.73. The number of aryl methyl sites for hydroxylation is 2. The van der Waals surface area contributed by atoms with Crippen LogP contribution in [0, 0.1) is 19.3 Å². The van der Waals surface area contributed by atoms with Gasteiger partial charge in [0.25, 0.3) is 0 Å². The van der Waals surface area contributed by atoms with Crippen LogP contribution in [0.4, 0.5) is 5.69 Å². The number of rotatable bonds is 2. The van der Waals surface area contributed by atoms with E-state index in [1.165, 1.54) is 0 Å². The Morgan fingerprint density at radius 3 is 2.79 bits per heavy atom. The van der Waals surface area contributed by atoms with E-state index < -0.39 is 0 Å². The lowest BCUT2D eigenvalue weighted by atomic mass is 9.77. The van der Waals surface area contributed by atoms with Crippen molar-refractivity contribution in [1.29, 1.82) is 0 Å². The van der Waals surface area contributed by atoms with Gasteiger partial charge in [-0.3, -0.25) is 4.79 Å². The van der Waals surface area contributed by atoms with Crippen LogP contribution in [0.25, 0.3) is 0 Å². The van der Waals surface area contributed by atoms with Crippen molar-refractivity contribution in [2.75, 3.05) is 11.9 Å². The minimum absolute atomic E-state index is 0.0140. The molecular weight excluding hydrogens is 236 g/mol. The molecule has 19 heavy (non-hydrogen) atoms. The Labute approximate surface area is 115 Å². The average Bonchev–Trinajstić information content (AvgIpc) is 2.33.